The van der Waals surface area contributed by atoms with Crippen molar-refractivity contribution >= 4 is 35.1 Å². The summed E-state index contributed by atoms with van der Waals surface area (Å²) in [5.74, 6) is -0.0633. The third kappa shape index (κ3) is 5.62. The minimum atomic E-state index is -0.213. The second-order valence-corrected chi connectivity index (χ2v) is 3.57. The van der Waals surface area contributed by atoms with E-state index in [1.54, 1.807) is 7.11 Å². The van der Waals surface area contributed by atoms with E-state index < -0.39 is 0 Å². The van der Waals surface area contributed by atoms with Gasteiger partial charge in [0, 0.05) is 13.7 Å². The van der Waals surface area contributed by atoms with Gasteiger partial charge in [0.25, 0.3) is 0 Å². The van der Waals surface area contributed by atoms with E-state index in [4.69, 9.17) is 27.9 Å². The number of anilines is 1. The van der Waals surface area contributed by atoms with E-state index in [9.17, 15) is 4.79 Å². The van der Waals surface area contributed by atoms with Crippen molar-refractivity contribution in [1.82, 2.24) is 20.3 Å². The van der Waals surface area contributed by atoms with Crippen LogP contribution in [0.4, 0.5) is 5.95 Å². The van der Waals surface area contributed by atoms with Crippen molar-refractivity contribution in [1.29, 1.82) is 0 Å². The number of aromatic nitrogens is 3. The van der Waals surface area contributed by atoms with Crippen LogP contribution in [-0.2, 0) is 9.53 Å². The maximum absolute atomic E-state index is 11.3. The van der Waals surface area contributed by atoms with Crippen molar-refractivity contribution in [2.45, 2.75) is 0 Å². The Morgan fingerprint density at radius 3 is 2.53 bits per heavy atom. The number of nitrogens with one attached hydrogen (secondary N) is 2. The first-order chi connectivity index (χ1) is 8.11. The van der Waals surface area contributed by atoms with E-state index in [-0.39, 0.29) is 29.0 Å². The number of amides is 1. The highest BCUT2D eigenvalue weighted by molar-refractivity contribution is 6.31. The van der Waals surface area contributed by atoms with Gasteiger partial charge in [-0.3, -0.25) is 4.79 Å². The molecule has 0 bridgehead atoms. The van der Waals surface area contributed by atoms with E-state index in [0.717, 1.165) is 0 Å². The fraction of sp³-hybridized carbons (Fsp3) is 0.500. The highest BCUT2D eigenvalue weighted by Gasteiger charge is 2.05. The van der Waals surface area contributed by atoms with Crippen LogP contribution in [0.1, 0.15) is 0 Å². The van der Waals surface area contributed by atoms with Crippen LogP contribution in [0, 0.1) is 0 Å². The number of methoxy groups -OCH3 is 1. The molecule has 1 rings (SSSR count). The number of carbonyl (C=O) groups is 1. The van der Waals surface area contributed by atoms with Gasteiger partial charge in [-0.25, -0.2) is 0 Å². The molecule has 0 atom stereocenters. The van der Waals surface area contributed by atoms with Crippen LogP contribution in [-0.4, -0.2) is 47.7 Å². The zero-order valence-electron chi connectivity index (χ0n) is 9.04. The van der Waals surface area contributed by atoms with Gasteiger partial charge >= 0.3 is 0 Å². The third-order valence-corrected chi connectivity index (χ3v) is 1.95. The number of halogens is 2. The molecule has 0 fully saturated rings. The molecule has 1 aromatic heterocycles. The molecule has 2 N–H and O–H groups in total. The predicted molar refractivity (Wildman–Crippen MR) is 63.2 cm³/mol. The molecule has 0 aliphatic carbocycles. The highest BCUT2D eigenvalue weighted by atomic mass is 35.5. The zero-order chi connectivity index (χ0) is 12.7. The Hall–Kier alpha value is -1.18. The number of ether oxygens (including phenoxy) is 1. The van der Waals surface area contributed by atoms with Crippen molar-refractivity contribution in [3.05, 3.63) is 10.6 Å². The Kier molecular flexibility index (Phi) is 5.88. The van der Waals surface area contributed by atoms with Crippen LogP contribution < -0.4 is 10.6 Å². The largest absolute Gasteiger partial charge is 0.383 e. The van der Waals surface area contributed by atoms with Crippen molar-refractivity contribution in [2.75, 3.05) is 32.1 Å². The first-order valence-corrected chi connectivity index (χ1v) is 5.44. The first kappa shape index (κ1) is 13.9. The van der Waals surface area contributed by atoms with Gasteiger partial charge in [-0.2, -0.15) is 15.0 Å². The van der Waals surface area contributed by atoms with Gasteiger partial charge in [-0.15, -0.1) is 0 Å². The van der Waals surface area contributed by atoms with Crippen molar-refractivity contribution < 1.29 is 9.53 Å². The molecule has 0 saturated carbocycles. The molecule has 0 aliphatic rings. The molecule has 94 valence electrons. The Bertz CT molecular complexity index is 370. The lowest BCUT2D eigenvalue weighted by Gasteiger charge is -2.06. The lowest BCUT2D eigenvalue weighted by molar-refractivity contribution is -0.119. The molecule has 0 unspecified atom stereocenters. The fourth-order valence-electron chi connectivity index (χ4n) is 0.919. The van der Waals surface area contributed by atoms with E-state index in [1.807, 2.05) is 0 Å². The summed E-state index contributed by atoms with van der Waals surface area (Å²) in [6, 6.07) is 0. The zero-order valence-corrected chi connectivity index (χ0v) is 10.5. The summed E-state index contributed by atoms with van der Waals surface area (Å²) in [5, 5.41) is 5.22. The lowest BCUT2D eigenvalue weighted by atomic mass is 10.5. The Morgan fingerprint density at radius 1 is 1.29 bits per heavy atom. The van der Waals surface area contributed by atoms with Crippen LogP contribution in [0.15, 0.2) is 0 Å². The summed E-state index contributed by atoms with van der Waals surface area (Å²) in [6.45, 7) is 0.908. The summed E-state index contributed by atoms with van der Waals surface area (Å²) in [6.07, 6.45) is 0. The van der Waals surface area contributed by atoms with Gasteiger partial charge in [0.1, 0.15) is 0 Å². The summed E-state index contributed by atoms with van der Waals surface area (Å²) in [5.41, 5.74) is 0. The molecule has 9 heteroatoms. The molecule has 0 spiro atoms. The molecule has 17 heavy (non-hydrogen) atoms. The fourth-order valence-corrected chi connectivity index (χ4v) is 1.28. The molecule has 7 nitrogen and oxygen atoms in total. The Balaban J connectivity index is 2.36. The Labute approximate surface area is 108 Å². The molecule has 0 aliphatic heterocycles. The quantitative estimate of drug-likeness (QED) is 0.731. The van der Waals surface area contributed by atoms with E-state index in [2.05, 4.69) is 25.6 Å². The summed E-state index contributed by atoms with van der Waals surface area (Å²) < 4.78 is 4.78. The average Bonchev–Trinajstić information content (AvgIpc) is 2.25. The van der Waals surface area contributed by atoms with Crippen molar-refractivity contribution in [3.63, 3.8) is 0 Å². The molecule has 0 radical (unpaired) electrons. The topological polar surface area (TPSA) is 89.0 Å². The van der Waals surface area contributed by atoms with Crippen LogP contribution >= 0.6 is 23.2 Å². The molecule has 1 aromatic rings. The smallest absolute Gasteiger partial charge is 0.239 e. The number of hydrogen-bond acceptors (Lipinski definition) is 6. The predicted octanol–water partition coefficient (Wildman–Crippen LogP) is 0.353. The van der Waals surface area contributed by atoms with Crippen LogP contribution in [0.25, 0.3) is 0 Å². The summed E-state index contributed by atoms with van der Waals surface area (Å²) in [4.78, 5) is 22.4. The normalized spacial score (nSPS) is 10.1. The van der Waals surface area contributed by atoms with Gasteiger partial charge in [-0.1, -0.05) is 0 Å². The van der Waals surface area contributed by atoms with Crippen LogP contribution in [0.2, 0.25) is 10.6 Å². The monoisotopic (exact) mass is 279 g/mol. The van der Waals surface area contributed by atoms with Gasteiger partial charge in [0.05, 0.1) is 13.2 Å². The third-order valence-electron chi connectivity index (χ3n) is 1.62. The van der Waals surface area contributed by atoms with Crippen LogP contribution in [0.5, 0.6) is 0 Å². The highest BCUT2D eigenvalue weighted by Crippen LogP contribution is 2.08. The second kappa shape index (κ2) is 7.21. The minimum absolute atomic E-state index is 0.0143. The number of nitrogens with zero attached hydrogens (tertiary/aromatic N) is 3. The minimum Gasteiger partial charge on any atom is -0.383 e. The second-order valence-electron chi connectivity index (χ2n) is 2.89. The number of hydrogen-bond donors (Lipinski definition) is 2. The van der Waals surface area contributed by atoms with Gasteiger partial charge < -0.3 is 15.4 Å². The van der Waals surface area contributed by atoms with Gasteiger partial charge in [-0.05, 0) is 23.2 Å². The standard InChI is InChI=1S/C8H11Cl2N5O2/c1-17-3-2-11-5(16)4-12-8-14-6(9)13-7(10)15-8/h2-4H2,1H3,(H,11,16)(H,12,13,14,15). The van der Waals surface area contributed by atoms with Gasteiger partial charge in [0.2, 0.25) is 22.4 Å². The lowest BCUT2D eigenvalue weighted by Crippen LogP contribution is -2.32. The number of rotatable bonds is 6. The summed E-state index contributed by atoms with van der Waals surface area (Å²) in [7, 11) is 1.55. The molecular formula is C8H11Cl2N5O2. The number of carbonyl (C=O) groups excluding carboxylic acids is 1. The van der Waals surface area contributed by atoms with Crippen molar-refractivity contribution in [2.24, 2.45) is 0 Å². The molecule has 1 heterocycles. The molecular weight excluding hydrogens is 269 g/mol. The molecule has 0 aromatic carbocycles. The average molecular weight is 280 g/mol. The SMILES string of the molecule is COCCNC(=O)CNc1nc(Cl)nc(Cl)n1. The maximum atomic E-state index is 11.3. The van der Waals surface area contributed by atoms with Crippen molar-refractivity contribution in [3.8, 4) is 0 Å². The van der Waals surface area contributed by atoms with E-state index in [0.29, 0.717) is 13.2 Å². The molecule has 1 amide bonds. The first-order valence-electron chi connectivity index (χ1n) is 4.68. The van der Waals surface area contributed by atoms with Gasteiger partial charge in [0.15, 0.2) is 0 Å². The van der Waals surface area contributed by atoms with Crippen LogP contribution in [0.3, 0.4) is 0 Å². The van der Waals surface area contributed by atoms with E-state index >= 15 is 0 Å². The maximum Gasteiger partial charge on any atom is 0.239 e. The molecule has 0 saturated heterocycles. The van der Waals surface area contributed by atoms with E-state index in [1.165, 1.54) is 0 Å². The summed E-state index contributed by atoms with van der Waals surface area (Å²) >= 11 is 11.1. The Morgan fingerprint density at radius 2 is 1.94 bits per heavy atom.